The summed E-state index contributed by atoms with van der Waals surface area (Å²) in [5.41, 5.74) is 1.22. The molecule has 31 heavy (non-hydrogen) atoms. The Hall–Kier alpha value is -2.85. The predicted molar refractivity (Wildman–Crippen MR) is 111 cm³/mol. The van der Waals surface area contributed by atoms with Gasteiger partial charge in [0.15, 0.2) is 17.3 Å². The predicted octanol–water partition coefficient (Wildman–Crippen LogP) is 2.68. The number of nitrogens with zero attached hydrogens (tertiary/aromatic N) is 3. The first-order valence-electron chi connectivity index (χ1n) is 9.88. The van der Waals surface area contributed by atoms with Gasteiger partial charge in [0.05, 0.1) is 11.8 Å². The highest BCUT2D eigenvalue weighted by atomic mass is 32.2. The largest absolute Gasteiger partial charge is 0.347 e. The molecule has 0 aliphatic carbocycles. The molecule has 1 aliphatic rings. The number of aromatic nitrogens is 2. The molecule has 10 heteroatoms. The number of carbonyl (C=O) groups is 1. The summed E-state index contributed by atoms with van der Waals surface area (Å²) in [6.45, 7) is 0.797. The molecule has 1 aromatic carbocycles. The van der Waals surface area contributed by atoms with E-state index in [-0.39, 0.29) is 18.2 Å². The summed E-state index contributed by atoms with van der Waals surface area (Å²) in [6.07, 6.45) is 4.45. The zero-order valence-electron chi connectivity index (χ0n) is 16.9. The van der Waals surface area contributed by atoms with Crippen LogP contribution in [0.25, 0.3) is 5.52 Å². The summed E-state index contributed by atoms with van der Waals surface area (Å²) in [5.74, 6) is -1.90. The Bertz CT molecular complexity index is 1240. The van der Waals surface area contributed by atoms with Gasteiger partial charge in [0.25, 0.3) is 5.91 Å². The molecule has 0 saturated carbocycles. The Morgan fingerprint density at radius 2 is 2.03 bits per heavy atom. The van der Waals surface area contributed by atoms with E-state index in [1.165, 1.54) is 16.6 Å². The molecule has 0 bridgehead atoms. The van der Waals surface area contributed by atoms with Crippen LogP contribution >= 0.6 is 0 Å². The molecule has 1 atom stereocenters. The molecule has 0 unspecified atom stereocenters. The molecular weight excluding hydrogens is 426 g/mol. The second kappa shape index (κ2) is 8.35. The summed E-state index contributed by atoms with van der Waals surface area (Å²) >= 11 is 0. The second-order valence-electron chi connectivity index (χ2n) is 7.67. The van der Waals surface area contributed by atoms with E-state index >= 15 is 0 Å². The van der Waals surface area contributed by atoms with Crippen LogP contribution in [0.1, 0.15) is 40.6 Å². The lowest BCUT2D eigenvalue weighted by atomic mass is 9.99. The minimum absolute atomic E-state index is 0.0164. The Morgan fingerprint density at radius 1 is 1.23 bits per heavy atom. The van der Waals surface area contributed by atoms with E-state index in [1.807, 2.05) is 10.5 Å². The maximum absolute atomic E-state index is 13.4. The molecule has 3 aromatic rings. The van der Waals surface area contributed by atoms with Crippen molar-refractivity contribution in [1.29, 1.82) is 0 Å². The number of nitrogens with one attached hydrogen (secondary N) is 1. The molecule has 0 radical (unpaired) electrons. The van der Waals surface area contributed by atoms with Gasteiger partial charge in [-0.05, 0) is 42.7 Å². The van der Waals surface area contributed by atoms with Gasteiger partial charge in [-0.25, -0.2) is 26.5 Å². The number of hydrogen-bond donors (Lipinski definition) is 1. The summed E-state index contributed by atoms with van der Waals surface area (Å²) in [5, 5.41) is 2.69. The number of hydrogen-bond acceptors (Lipinski definition) is 4. The Labute approximate surface area is 178 Å². The molecule has 1 aliphatic heterocycles. The first kappa shape index (κ1) is 21.4. The molecule has 1 fully saturated rings. The van der Waals surface area contributed by atoms with Crippen molar-refractivity contribution in [2.24, 2.45) is 0 Å². The fourth-order valence-corrected chi connectivity index (χ4v) is 4.80. The number of pyridine rings is 1. The van der Waals surface area contributed by atoms with Crippen LogP contribution in [0.2, 0.25) is 0 Å². The molecule has 164 valence electrons. The molecule has 1 N–H and O–H groups in total. The van der Waals surface area contributed by atoms with Gasteiger partial charge < -0.3 is 9.72 Å². The maximum Gasteiger partial charge on any atom is 0.272 e. The zero-order chi connectivity index (χ0) is 22.2. The van der Waals surface area contributed by atoms with Crippen LogP contribution in [-0.2, 0) is 16.6 Å². The topological polar surface area (TPSA) is 83.8 Å². The number of rotatable bonds is 5. The highest BCUT2D eigenvalue weighted by molar-refractivity contribution is 7.88. The average Bonchev–Trinajstić information content (AvgIpc) is 3.14. The summed E-state index contributed by atoms with van der Waals surface area (Å²) < 4.78 is 53.7. The Morgan fingerprint density at radius 3 is 2.77 bits per heavy atom. The van der Waals surface area contributed by atoms with Crippen molar-refractivity contribution < 1.29 is 22.0 Å². The minimum atomic E-state index is -3.32. The molecule has 0 spiro atoms. The van der Waals surface area contributed by atoms with E-state index in [4.69, 9.17) is 0 Å². The van der Waals surface area contributed by atoms with Gasteiger partial charge in [0.2, 0.25) is 10.0 Å². The number of halogens is 2. The van der Waals surface area contributed by atoms with E-state index in [9.17, 15) is 22.0 Å². The fourth-order valence-electron chi connectivity index (χ4n) is 3.89. The summed E-state index contributed by atoms with van der Waals surface area (Å²) in [6, 6.07) is 8.82. The molecule has 1 amide bonds. The lowest BCUT2D eigenvalue weighted by molar-refractivity contribution is 0.0947. The van der Waals surface area contributed by atoms with Crippen molar-refractivity contribution >= 4 is 21.4 Å². The number of carbonyl (C=O) groups excluding carboxylic acids is 1. The van der Waals surface area contributed by atoms with Crippen LogP contribution in [0.15, 0.2) is 42.6 Å². The quantitative estimate of drug-likeness (QED) is 0.651. The van der Waals surface area contributed by atoms with Crippen LogP contribution in [0.5, 0.6) is 0 Å². The van der Waals surface area contributed by atoms with Gasteiger partial charge in [0, 0.05) is 31.7 Å². The van der Waals surface area contributed by atoms with Crippen molar-refractivity contribution in [3.8, 4) is 0 Å². The van der Waals surface area contributed by atoms with E-state index in [0.717, 1.165) is 18.6 Å². The smallest absolute Gasteiger partial charge is 0.272 e. The molecule has 4 rings (SSSR count). The first-order chi connectivity index (χ1) is 14.7. The number of benzene rings is 1. The van der Waals surface area contributed by atoms with Crippen LogP contribution in [0.4, 0.5) is 8.78 Å². The van der Waals surface area contributed by atoms with Crippen molar-refractivity contribution in [1.82, 2.24) is 19.0 Å². The van der Waals surface area contributed by atoms with E-state index < -0.39 is 27.6 Å². The van der Waals surface area contributed by atoms with E-state index in [1.54, 1.807) is 18.3 Å². The average molecular weight is 448 g/mol. The van der Waals surface area contributed by atoms with Crippen molar-refractivity contribution in [2.75, 3.05) is 19.3 Å². The van der Waals surface area contributed by atoms with Crippen LogP contribution in [0.3, 0.4) is 0 Å². The third kappa shape index (κ3) is 4.45. The lowest BCUT2D eigenvalue weighted by Crippen LogP contribution is -2.38. The second-order valence-corrected chi connectivity index (χ2v) is 9.65. The molecule has 1 saturated heterocycles. The van der Waals surface area contributed by atoms with E-state index in [0.29, 0.717) is 36.4 Å². The first-order valence-corrected chi connectivity index (χ1v) is 11.7. The Balaban J connectivity index is 1.60. The van der Waals surface area contributed by atoms with Gasteiger partial charge in [-0.3, -0.25) is 4.79 Å². The van der Waals surface area contributed by atoms with Gasteiger partial charge >= 0.3 is 0 Å². The van der Waals surface area contributed by atoms with Gasteiger partial charge in [-0.1, -0.05) is 12.1 Å². The van der Waals surface area contributed by atoms with Gasteiger partial charge in [-0.2, -0.15) is 0 Å². The summed E-state index contributed by atoms with van der Waals surface area (Å²) in [7, 11) is -3.32. The third-order valence-electron chi connectivity index (χ3n) is 5.45. The summed E-state index contributed by atoms with van der Waals surface area (Å²) in [4.78, 5) is 17.4. The van der Waals surface area contributed by atoms with Crippen molar-refractivity contribution in [2.45, 2.75) is 25.3 Å². The number of sulfonamides is 1. The molecule has 2 aromatic heterocycles. The highest BCUT2D eigenvalue weighted by Crippen LogP contribution is 2.29. The van der Waals surface area contributed by atoms with Crippen molar-refractivity contribution in [3.63, 3.8) is 0 Å². The lowest BCUT2D eigenvalue weighted by Gasteiger charge is -2.30. The van der Waals surface area contributed by atoms with E-state index in [2.05, 4.69) is 10.3 Å². The standard InChI is InChI=1S/C21H22F2N4O3S/c1-31(29,30)26-9-4-5-15(13-26)20-25-19(18-6-2-3-10-27(18)20)21(28)24-12-14-7-8-16(22)17(23)11-14/h2-3,6-8,10-11,15H,4-5,9,12-13H2,1H3,(H,24,28)/t15-/m1/s1. The normalized spacial score (nSPS) is 17.7. The van der Waals surface area contributed by atoms with Crippen molar-refractivity contribution in [3.05, 3.63) is 71.3 Å². The number of amides is 1. The van der Waals surface area contributed by atoms with Gasteiger partial charge in [-0.15, -0.1) is 0 Å². The Kier molecular flexibility index (Phi) is 5.76. The van der Waals surface area contributed by atoms with Crippen LogP contribution < -0.4 is 5.32 Å². The van der Waals surface area contributed by atoms with Crippen LogP contribution in [0, 0.1) is 11.6 Å². The molecule has 7 nitrogen and oxygen atoms in total. The SMILES string of the molecule is CS(=O)(=O)N1CCC[C@@H](c2nc(C(=O)NCc3ccc(F)c(F)c3)c3ccccn23)C1. The molecular formula is C21H22F2N4O3S. The fraction of sp³-hybridized carbons (Fsp3) is 0.333. The number of imidazole rings is 1. The van der Waals surface area contributed by atoms with Gasteiger partial charge in [0.1, 0.15) is 5.82 Å². The molecule has 3 heterocycles. The highest BCUT2D eigenvalue weighted by Gasteiger charge is 2.30. The monoisotopic (exact) mass is 448 g/mol. The third-order valence-corrected chi connectivity index (χ3v) is 6.72. The maximum atomic E-state index is 13.4. The zero-order valence-corrected chi connectivity index (χ0v) is 17.7. The number of fused-ring (bicyclic) bond motifs is 1. The minimum Gasteiger partial charge on any atom is -0.347 e. The number of piperidine rings is 1. The van der Waals surface area contributed by atoms with Crippen LogP contribution in [-0.4, -0.2) is 47.4 Å².